The quantitative estimate of drug-likeness (QED) is 0.573. The molecule has 2 rings (SSSR count). The van der Waals surface area contributed by atoms with Crippen LogP contribution in [0.25, 0.3) is 0 Å². The Morgan fingerprint density at radius 3 is 2.35 bits per heavy atom. The van der Waals surface area contributed by atoms with E-state index in [0.29, 0.717) is 23.8 Å². The van der Waals surface area contributed by atoms with Crippen LogP contribution in [0.5, 0.6) is 0 Å². The molecule has 0 bridgehead atoms. The van der Waals surface area contributed by atoms with Crippen LogP contribution in [0.4, 0.5) is 4.79 Å². The standard InChI is InChI=1S/C24H38N2O4S/c1-24(2,3)30-23(28)26-16-13-20(14-17-26)8-6-5-7-19-9-11-21(12-10-19)22(27)25-15-18-31(4)29/h9-12,20H,5-8,13-18H2,1-4H3,(H,25,27). The van der Waals surface area contributed by atoms with Gasteiger partial charge in [-0.2, -0.15) is 0 Å². The summed E-state index contributed by atoms with van der Waals surface area (Å²) in [6, 6.07) is 7.76. The van der Waals surface area contributed by atoms with Crippen LogP contribution in [-0.4, -0.2) is 58.4 Å². The van der Waals surface area contributed by atoms with Crippen LogP contribution in [0.3, 0.4) is 0 Å². The first-order valence-electron chi connectivity index (χ1n) is 11.3. The van der Waals surface area contributed by atoms with E-state index in [1.807, 2.05) is 49.9 Å². The van der Waals surface area contributed by atoms with E-state index in [-0.39, 0.29) is 12.0 Å². The predicted molar refractivity (Wildman–Crippen MR) is 126 cm³/mol. The highest BCUT2D eigenvalue weighted by Gasteiger charge is 2.26. The SMILES string of the molecule is CS(=O)CCNC(=O)c1ccc(CCCCC2CCN(C(=O)OC(C)(C)C)CC2)cc1. The van der Waals surface area contributed by atoms with Gasteiger partial charge in [-0.05, 0) is 70.1 Å². The maximum atomic E-state index is 12.1. The molecule has 0 saturated carbocycles. The average molecular weight is 451 g/mol. The minimum Gasteiger partial charge on any atom is -0.444 e. The van der Waals surface area contributed by atoms with Gasteiger partial charge < -0.3 is 15.0 Å². The molecule has 1 aromatic carbocycles. The minimum atomic E-state index is -0.895. The highest BCUT2D eigenvalue weighted by atomic mass is 32.2. The lowest BCUT2D eigenvalue weighted by Gasteiger charge is -2.33. The van der Waals surface area contributed by atoms with Gasteiger partial charge in [-0.25, -0.2) is 4.79 Å². The average Bonchev–Trinajstić information content (AvgIpc) is 2.70. The maximum absolute atomic E-state index is 12.1. The van der Waals surface area contributed by atoms with Crippen molar-refractivity contribution in [2.75, 3.05) is 31.6 Å². The molecule has 1 N–H and O–H groups in total. The Kier molecular flexibility index (Phi) is 10.0. The van der Waals surface area contributed by atoms with Gasteiger partial charge in [-0.1, -0.05) is 25.0 Å². The summed E-state index contributed by atoms with van der Waals surface area (Å²) in [5, 5.41) is 2.80. The third kappa shape index (κ3) is 9.85. The summed E-state index contributed by atoms with van der Waals surface area (Å²) in [5.74, 6) is 1.04. The van der Waals surface area contributed by atoms with E-state index in [0.717, 1.165) is 38.8 Å². The Morgan fingerprint density at radius 1 is 1.13 bits per heavy atom. The van der Waals surface area contributed by atoms with Crippen LogP contribution in [0.15, 0.2) is 24.3 Å². The molecule has 174 valence electrons. The molecule has 31 heavy (non-hydrogen) atoms. The van der Waals surface area contributed by atoms with Gasteiger partial charge in [-0.15, -0.1) is 0 Å². The van der Waals surface area contributed by atoms with E-state index in [1.165, 1.54) is 18.4 Å². The number of nitrogens with zero attached hydrogens (tertiary/aromatic N) is 1. The second-order valence-corrected chi connectivity index (χ2v) is 10.9. The van der Waals surface area contributed by atoms with Crippen molar-refractivity contribution in [1.82, 2.24) is 10.2 Å². The van der Waals surface area contributed by atoms with Crippen LogP contribution in [0, 0.1) is 5.92 Å². The predicted octanol–water partition coefficient (Wildman–Crippen LogP) is 4.15. The molecule has 0 spiro atoms. The van der Waals surface area contributed by atoms with Crippen LogP contribution in [0.2, 0.25) is 0 Å². The van der Waals surface area contributed by atoms with Crippen molar-refractivity contribution in [3.05, 3.63) is 35.4 Å². The Labute approximate surface area is 189 Å². The largest absolute Gasteiger partial charge is 0.444 e. The van der Waals surface area contributed by atoms with Crippen molar-refractivity contribution < 1.29 is 18.5 Å². The molecule has 0 radical (unpaired) electrons. The zero-order chi connectivity index (χ0) is 22.9. The molecule has 1 saturated heterocycles. The molecule has 7 heteroatoms. The number of benzene rings is 1. The number of nitrogens with one attached hydrogen (secondary N) is 1. The molecule has 1 aromatic rings. The second-order valence-electron chi connectivity index (χ2n) is 9.39. The zero-order valence-corrected chi connectivity index (χ0v) is 20.3. The lowest BCUT2D eigenvalue weighted by atomic mass is 9.91. The number of carbonyl (C=O) groups excluding carboxylic acids is 2. The molecule has 0 aliphatic carbocycles. The number of rotatable bonds is 9. The molecule has 0 aromatic heterocycles. The van der Waals surface area contributed by atoms with Crippen molar-refractivity contribution in [2.45, 2.75) is 64.9 Å². The Hall–Kier alpha value is -1.89. The zero-order valence-electron chi connectivity index (χ0n) is 19.4. The topological polar surface area (TPSA) is 75.7 Å². The van der Waals surface area contributed by atoms with Gasteiger partial charge >= 0.3 is 6.09 Å². The first kappa shape index (κ1) is 25.4. The molecule has 1 aliphatic rings. The van der Waals surface area contributed by atoms with E-state index in [9.17, 15) is 13.8 Å². The van der Waals surface area contributed by atoms with Crippen LogP contribution in [-0.2, 0) is 22.0 Å². The van der Waals surface area contributed by atoms with Gasteiger partial charge in [0.15, 0.2) is 0 Å². The number of carbonyl (C=O) groups is 2. The third-order valence-electron chi connectivity index (χ3n) is 5.49. The maximum Gasteiger partial charge on any atom is 0.410 e. The van der Waals surface area contributed by atoms with Gasteiger partial charge in [0.05, 0.1) is 0 Å². The Morgan fingerprint density at radius 2 is 1.77 bits per heavy atom. The van der Waals surface area contributed by atoms with Crippen molar-refractivity contribution >= 4 is 22.8 Å². The summed E-state index contributed by atoms with van der Waals surface area (Å²) in [7, 11) is -0.895. The monoisotopic (exact) mass is 450 g/mol. The number of ether oxygens (including phenoxy) is 1. The highest BCUT2D eigenvalue weighted by Crippen LogP contribution is 2.24. The van der Waals surface area contributed by atoms with Crippen LogP contribution >= 0.6 is 0 Å². The van der Waals surface area contributed by atoms with Crippen molar-refractivity contribution in [1.29, 1.82) is 0 Å². The fourth-order valence-corrected chi connectivity index (χ4v) is 4.12. The van der Waals surface area contributed by atoms with E-state index in [2.05, 4.69) is 5.32 Å². The van der Waals surface area contributed by atoms with E-state index < -0.39 is 16.4 Å². The number of hydrogen-bond donors (Lipinski definition) is 1. The second kappa shape index (κ2) is 12.2. The number of likely N-dealkylation sites (tertiary alicyclic amines) is 1. The number of piperidine rings is 1. The summed E-state index contributed by atoms with van der Waals surface area (Å²) >= 11 is 0. The fraction of sp³-hybridized carbons (Fsp3) is 0.667. The number of hydrogen-bond acceptors (Lipinski definition) is 4. The first-order chi connectivity index (χ1) is 14.6. The van der Waals surface area contributed by atoms with Crippen molar-refractivity contribution in [3.63, 3.8) is 0 Å². The molecule has 1 aliphatic heterocycles. The molecule has 1 fully saturated rings. The summed E-state index contributed by atoms with van der Waals surface area (Å²) in [6.45, 7) is 7.71. The first-order valence-corrected chi connectivity index (χ1v) is 13.0. The normalized spacial score (nSPS) is 16.1. The van der Waals surface area contributed by atoms with Gasteiger partial charge in [0.2, 0.25) is 0 Å². The number of aryl methyl sites for hydroxylation is 1. The van der Waals surface area contributed by atoms with Gasteiger partial charge in [-0.3, -0.25) is 9.00 Å². The Balaban J connectivity index is 1.62. The molecule has 2 amide bonds. The van der Waals surface area contributed by atoms with Gasteiger partial charge in [0, 0.05) is 48.0 Å². The van der Waals surface area contributed by atoms with E-state index >= 15 is 0 Å². The number of amides is 2. The molecule has 1 heterocycles. The molecule has 6 nitrogen and oxygen atoms in total. The van der Waals surface area contributed by atoms with Crippen LogP contribution in [0.1, 0.15) is 68.8 Å². The van der Waals surface area contributed by atoms with E-state index in [1.54, 1.807) is 6.26 Å². The van der Waals surface area contributed by atoms with Gasteiger partial charge in [0.1, 0.15) is 5.60 Å². The van der Waals surface area contributed by atoms with Crippen LogP contribution < -0.4 is 5.32 Å². The number of unbranched alkanes of at least 4 members (excludes halogenated alkanes) is 1. The minimum absolute atomic E-state index is 0.116. The molecule has 1 atom stereocenters. The summed E-state index contributed by atoms with van der Waals surface area (Å²) in [6.07, 6.45) is 8.04. The summed E-state index contributed by atoms with van der Waals surface area (Å²) in [4.78, 5) is 26.0. The lowest BCUT2D eigenvalue weighted by molar-refractivity contribution is 0.0180. The molecule has 1 unspecified atom stereocenters. The smallest absolute Gasteiger partial charge is 0.410 e. The fourth-order valence-electron chi connectivity index (χ4n) is 3.73. The third-order valence-corrected chi connectivity index (χ3v) is 6.26. The van der Waals surface area contributed by atoms with Gasteiger partial charge in [0.25, 0.3) is 5.91 Å². The molecular formula is C24H38N2O4S. The Bertz CT molecular complexity index is 735. The summed E-state index contributed by atoms with van der Waals surface area (Å²) in [5.41, 5.74) is 1.44. The van der Waals surface area contributed by atoms with E-state index in [4.69, 9.17) is 4.74 Å². The molecular weight excluding hydrogens is 412 g/mol. The van der Waals surface area contributed by atoms with Crippen molar-refractivity contribution in [2.24, 2.45) is 5.92 Å². The summed E-state index contributed by atoms with van der Waals surface area (Å²) < 4.78 is 16.5. The lowest BCUT2D eigenvalue weighted by Crippen LogP contribution is -2.41. The highest BCUT2D eigenvalue weighted by molar-refractivity contribution is 7.84. The van der Waals surface area contributed by atoms with Crippen molar-refractivity contribution in [3.8, 4) is 0 Å².